The summed E-state index contributed by atoms with van der Waals surface area (Å²) in [6.07, 6.45) is 6.30. The number of amides is 1. The number of fused-ring (bicyclic) bond motifs is 1. The van der Waals surface area contributed by atoms with Crippen LogP contribution in [-0.2, 0) is 4.79 Å². The van der Waals surface area contributed by atoms with Gasteiger partial charge in [0.05, 0.1) is 0 Å². The maximum atomic E-state index is 10.8. The fourth-order valence-electron chi connectivity index (χ4n) is 1.67. The van der Waals surface area contributed by atoms with Gasteiger partial charge in [0.1, 0.15) is 0 Å². The summed E-state index contributed by atoms with van der Waals surface area (Å²) in [5, 5.41) is 3.93. The second-order valence-corrected chi connectivity index (χ2v) is 2.97. The number of carbonyl (C=O) groups is 1. The lowest BCUT2D eigenvalue weighted by molar-refractivity contribution is -0.119. The van der Waals surface area contributed by atoms with E-state index in [9.17, 15) is 4.79 Å². The van der Waals surface area contributed by atoms with Crippen LogP contribution < -0.4 is 5.32 Å². The SMILES string of the molecule is O=C1CC2CCCC=C2[N]1. The summed E-state index contributed by atoms with van der Waals surface area (Å²) >= 11 is 0. The predicted molar refractivity (Wildman–Crippen MR) is 37.2 cm³/mol. The summed E-state index contributed by atoms with van der Waals surface area (Å²) in [5.74, 6) is 0.569. The van der Waals surface area contributed by atoms with Crippen LogP contribution in [0.1, 0.15) is 25.7 Å². The standard InChI is InChI=1S/C8H10NO/c10-8-5-6-3-1-2-4-7(6)9-8/h4,6H,1-3,5H2. The first-order chi connectivity index (χ1) is 4.86. The lowest BCUT2D eigenvalue weighted by Gasteiger charge is -2.12. The van der Waals surface area contributed by atoms with E-state index in [1.54, 1.807) is 0 Å². The van der Waals surface area contributed by atoms with Gasteiger partial charge in [-0.1, -0.05) is 6.08 Å². The first-order valence-corrected chi connectivity index (χ1v) is 3.81. The van der Waals surface area contributed by atoms with Gasteiger partial charge in [-0.15, -0.1) is 0 Å². The Hall–Kier alpha value is -0.790. The van der Waals surface area contributed by atoms with Crippen molar-refractivity contribution in [1.29, 1.82) is 0 Å². The van der Waals surface area contributed by atoms with Crippen molar-refractivity contribution in [2.24, 2.45) is 5.92 Å². The van der Waals surface area contributed by atoms with Crippen LogP contribution in [0.2, 0.25) is 0 Å². The molecule has 2 heteroatoms. The van der Waals surface area contributed by atoms with Gasteiger partial charge in [0.2, 0.25) is 5.91 Å². The highest BCUT2D eigenvalue weighted by Gasteiger charge is 2.29. The van der Waals surface area contributed by atoms with Crippen molar-refractivity contribution in [1.82, 2.24) is 5.32 Å². The van der Waals surface area contributed by atoms with E-state index < -0.39 is 0 Å². The smallest absolute Gasteiger partial charge is 0.246 e. The third kappa shape index (κ3) is 0.838. The molecule has 0 aromatic carbocycles. The van der Waals surface area contributed by atoms with Crippen molar-refractivity contribution in [2.75, 3.05) is 0 Å². The van der Waals surface area contributed by atoms with Gasteiger partial charge in [-0.25, -0.2) is 5.32 Å². The fourth-order valence-corrected chi connectivity index (χ4v) is 1.67. The molecule has 1 amide bonds. The maximum absolute atomic E-state index is 10.8. The largest absolute Gasteiger partial charge is 0.273 e. The Labute approximate surface area is 60.3 Å². The molecule has 2 aliphatic rings. The highest BCUT2D eigenvalue weighted by molar-refractivity contribution is 5.81. The Morgan fingerprint density at radius 2 is 2.50 bits per heavy atom. The predicted octanol–water partition coefficient (Wildman–Crippen LogP) is 1.21. The molecule has 1 heterocycles. The van der Waals surface area contributed by atoms with Gasteiger partial charge < -0.3 is 0 Å². The number of rotatable bonds is 0. The Bertz CT molecular complexity index is 195. The van der Waals surface area contributed by atoms with Gasteiger partial charge in [0, 0.05) is 18.0 Å². The summed E-state index contributed by atoms with van der Waals surface area (Å²) < 4.78 is 0. The Balaban J connectivity index is 2.20. The van der Waals surface area contributed by atoms with E-state index in [0.717, 1.165) is 12.1 Å². The zero-order chi connectivity index (χ0) is 6.97. The van der Waals surface area contributed by atoms with Gasteiger partial charge in [-0.05, 0) is 19.3 Å². The quantitative estimate of drug-likeness (QED) is 0.492. The molecule has 1 aliphatic carbocycles. The maximum Gasteiger partial charge on any atom is 0.246 e. The average molecular weight is 136 g/mol. The topological polar surface area (TPSA) is 31.2 Å². The zero-order valence-electron chi connectivity index (χ0n) is 5.84. The molecule has 0 aromatic heterocycles. The van der Waals surface area contributed by atoms with Crippen LogP contribution >= 0.6 is 0 Å². The summed E-state index contributed by atoms with van der Waals surface area (Å²) in [4.78, 5) is 10.8. The van der Waals surface area contributed by atoms with E-state index in [0.29, 0.717) is 12.3 Å². The molecule has 2 rings (SSSR count). The van der Waals surface area contributed by atoms with Crippen LogP contribution in [0.4, 0.5) is 0 Å². The molecule has 2 nitrogen and oxygen atoms in total. The third-order valence-corrected chi connectivity index (χ3v) is 2.20. The summed E-state index contributed by atoms with van der Waals surface area (Å²) in [7, 11) is 0. The molecule has 53 valence electrons. The highest BCUT2D eigenvalue weighted by Crippen LogP contribution is 2.30. The highest BCUT2D eigenvalue weighted by atomic mass is 16.1. The average Bonchev–Trinajstić information content (AvgIpc) is 2.27. The molecule has 1 radical (unpaired) electrons. The van der Waals surface area contributed by atoms with Crippen molar-refractivity contribution in [3.63, 3.8) is 0 Å². The fraction of sp³-hybridized carbons (Fsp3) is 0.625. The Morgan fingerprint density at radius 1 is 1.60 bits per heavy atom. The third-order valence-electron chi connectivity index (χ3n) is 2.20. The Morgan fingerprint density at radius 3 is 3.30 bits per heavy atom. The molecule has 1 atom stereocenters. The number of allylic oxidation sites excluding steroid dienone is 2. The van der Waals surface area contributed by atoms with E-state index in [1.165, 1.54) is 12.8 Å². The minimum atomic E-state index is 0.0816. The van der Waals surface area contributed by atoms with Crippen molar-refractivity contribution >= 4 is 5.91 Å². The van der Waals surface area contributed by atoms with Crippen molar-refractivity contribution < 1.29 is 4.79 Å². The van der Waals surface area contributed by atoms with Gasteiger partial charge in [-0.3, -0.25) is 4.79 Å². The molecule has 1 aliphatic heterocycles. The number of hydrogen-bond acceptors (Lipinski definition) is 1. The van der Waals surface area contributed by atoms with Crippen molar-refractivity contribution in [3.05, 3.63) is 11.8 Å². The molecule has 0 spiro atoms. The summed E-state index contributed by atoms with van der Waals surface area (Å²) in [6.45, 7) is 0. The van der Waals surface area contributed by atoms with Gasteiger partial charge >= 0.3 is 0 Å². The first-order valence-electron chi connectivity index (χ1n) is 3.81. The number of carbonyl (C=O) groups excluding carboxylic acids is 1. The van der Waals surface area contributed by atoms with Crippen LogP contribution in [0, 0.1) is 5.92 Å². The molecule has 10 heavy (non-hydrogen) atoms. The van der Waals surface area contributed by atoms with E-state index in [4.69, 9.17) is 0 Å². The van der Waals surface area contributed by atoms with Crippen LogP contribution in [0.25, 0.3) is 0 Å². The minimum Gasteiger partial charge on any atom is -0.273 e. The molecule has 1 saturated heterocycles. The number of nitrogens with zero attached hydrogens (tertiary/aromatic N) is 1. The van der Waals surface area contributed by atoms with E-state index in [2.05, 4.69) is 11.4 Å². The molecule has 0 N–H and O–H groups in total. The van der Waals surface area contributed by atoms with E-state index in [1.807, 2.05) is 0 Å². The molecular weight excluding hydrogens is 126 g/mol. The lowest BCUT2D eigenvalue weighted by atomic mass is 9.93. The van der Waals surface area contributed by atoms with Crippen molar-refractivity contribution in [3.8, 4) is 0 Å². The molecule has 0 aromatic rings. The van der Waals surface area contributed by atoms with Gasteiger partial charge in [-0.2, -0.15) is 0 Å². The van der Waals surface area contributed by atoms with Crippen LogP contribution in [0.5, 0.6) is 0 Å². The summed E-state index contributed by atoms with van der Waals surface area (Å²) in [6, 6.07) is 0. The molecule has 1 unspecified atom stereocenters. The van der Waals surface area contributed by atoms with Crippen LogP contribution in [0.15, 0.2) is 11.8 Å². The molecule has 0 saturated carbocycles. The lowest BCUT2D eigenvalue weighted by Crippen LogP contribution is -2.06. The van der Waals surface area contributed by atoms with Crippen LogP contribution in [0.3, 0.4) is 0 Å². The normalized spacial score (nSPS) is 31.0. The zero-order valence-corrected chi connectivity index (χ0v) is 5.84. The first kappa shape index (κ1) is 5.96. The molecular formula is C8H10NO. The number of hydrogen-bond donors (Lipinski definition) is 0. The second kappa shape index (κ2) is 2.11. The molecule has 1 fully saturated rings. The van der Waals surface area contributed by atoms with Gasteiger partial charge in [0.15, 0.2) is 0 Å². The second-order valence-electron chi connectivity index (χ2n) is 2.97. The van der Waals surface area contributed by atoms with Crippen LogP contribution in [-0.4, -0.2) is 5.91 Å². The van der Waals surface area contributed by atoms with E-state index in [-0.39, 0.29) is 5.91 Å². The minimum absolute atomic E-state index is 0.0816. The van der Waals surface area contributed by atoms with E-state index >= 15 is 0 Å². The monoisotopic (exact) mass is 136 g/mol. The molecule has 0 bridgehead atoms. The Kier molecular flexibility index (Phi) is 1.26. The van der Waals surface area contributed by atoms with Gasteiger partial charge in [0.25, 0.3) is 0 Å². The summed E-state index contributed by atoms with van der Waals surface area (Å²) in [5.41, 5.74) is 1.07. The van der Waals surface area contributed by atoms with Crippen molar-refractivity contribution in [2.45, 2.75) is 25.7 Å².